The minimum Gasteiger partial charge on any atom is -0.355 e. The Morgan fingerprint density at radius 2 is 2.00 bits per heavy atom. The van der Waals surface area contributed by atoms with E-state index in [0.29, 0.717) is 24.5 Å². The molecule has 2 aliphatic rings. The Labute approximate surface area is 145 Å². The second kappa shape index (κ2) is 5.58. The van der Waals surface area contributed by atoms with E-state index < -0.39 is 0 Å². The lowest BCUT2D eigenvalue weighted by Gasteiger charge is -2.27. The maximum atomic E-state index is 12.8. The number of fused-ring (bicyclic) bond motifs is 3. The topological polar surface area (TPSA) is 64.2 Å². The smallest absolute Gasteiger partial charge is 0.276 e. The van der Waals surface area contributed by atoms with Crippen molar-refractivity contribution >= 4 is 5.91 Å². The van der Waals surface area contributed by atoms with Gasteiger partial charge in [0.2, 0.25) is 0 Å². The molecule has 1 aliphatic carbocycles. The zero-order valence-corrected chi connectivity index (χ0v) is 13.8. The highest BCUT2D eigenvalue weighted by atomic mass is 16.5. The van der Waals surface area contributed by atoms with Crippen molar-refractivity contribution in [3.8, 4) is 11.3 Å². The molecule has 126 valence electrons. The van der Waals surface area contributed by atoms with Gasteiger partial charge in [-0.2, -0.15) is 5.10 Å². The molecule has 0 N–H and O–H groups in total. The zero-order valence-electron chi connectivity index (χ0n) is 13.8. The SMILES string of the molecule is O=C(c1cc(-c2ccccc2)on1)N1CCn2nc3c(c2C1)CCC3. The maximum Gasteiger partial charge on any atom is 0.276 e. The first kappa shape index (κ1) is 14.5. The molecule has 0 radical (unpaired) electrons. The highest BCUT2D eigenvalue weighted by molar-refractivity contribution is 5.93. The minimum absolute atomic E-state index is 0.0786. The van der Waals surface area contributed by atoms with Gasteiger partial charge in [0.1, 0.15) is 0 Å². The van der Waals surface area contributed by atoms with Crippen LogP contribution in [0.25, 0.3) is 11.3 Å². The number of aryl methyl sites for hydroxylation is 1. The molecule has 3 heterocycles. The first-order chi connectivity index (χ1) is 12.3. The summed E-state index contributed by atoms with van der Waals surface area (Å²) in [5.41, 5.74) is 5.05. The fourth-order valence-corrected chi connectivity index (χ4v) is 3.80. The summed E-state index contributed by atoms with van der Waals surface area (Å²) in [6.07, 6.45) is 3.31. The summed E-state index contributed by atoms with van der Waals surface area (Å²) in [6, 6.07) is 11.4. The van der Waals surface area contributed by atoms with Gasteiger partial charge in [-0.3, -0.25) is 9.48 Å². The van der Waals surface area contributed by atoms with Crippen molar-refractivity contribution in [2.75, 3.05) is 6.54 Å². The first-order valence-electron chi connectivity index (χ1n) is 8.68. The molecule has 1 aliphatic heterocycles. The van der Waals surface area contributed by atoms with Crippen molar-refractivity contribution in [1.82, 2.24) is 19.8 Å². The summed E-state index contributed by atoms with van der Waals surface area (Å²) in [6.45, 7) is 2.01. The molecule has 6 heteroatoms. The predicted molar refractivity (Wildman–Crippen MR) is 90.9 cm³/mol. The van der Waals surface area contributed by atoms with Crippen molar-refractivity contribution in [2.45, 2.75) is 32.4 Å². The predicted octanol–water partition coefficient (Wildman–Crippen LogP) is 2.68. The van der Waals surface area contributed by atoms with Crippen LogP contribution in [0.15, 0.2) is 40.9 Å². The van der Waals surface area contributed by atoms with Gasteiger partial charge >= 0.3 is 0 Å². The maximum absolute atomic E-state index is 12.8. The molecule has 0 spiro atoms. The van der Waals surface area contributed by atoms with E-state index in [4.69, 9.17) is 4.52 Å². The molecule has 6 nitrogen and oxygen atoms in total. The van der Waals surface area contributed by atoms with Crippen LogP contribution in [0, 0.1) is 0 Å². The lowest BCUT2D eigenvalue weighted by atomic mass is 10.1. The van der Waals surface area contributed by atoms with Crippen molar-refractivity contribution in [2.24, 2.45) is 0 Å². The van der Waals surface area contributed by atoms with E-state index in [-0.39, 0.29) is 5.91 Å². The first-order valence-corrected chi connectivity index (χ1v) is 8.68. The number of aromatic nitrogens is 3. The van der Waals surface area contributed by atoms with Gasteiger partial charge in [-0.15, -0.1) is 0 Å². The highest BCUT2D eigenvalue weighted by Gasteiger charge is 2.30. The molecule has 1 amide bonds. The van der Waals surface area contributed by atoms with Crippen LogP contribution in [0.5, 0.6) is 0 Å². The van der Waals surface area contributed by atoms with Crippen LogP contribution in [-0.4, -0.2) is 32.3 Å². The van der Waals surface area contributed by atoms with E-state index in [1.165, 1.54) is 23.4 Å². The Morgan fingerprint density at radius 1 is 1.12 bits per heavy atom. The molecule has 3 aromatic rings. The average molecular weight is 334 g/mol. The van der Waals surface area contributed by atoms with Gasteiger partial charge in [-0.05, 0) is 24.8 Å². The van der Waals surface area contributed by atoms with E-state index >= 15 is 0 Å². The molecule has 0 fully saturated rings. The normalized spacial score (nSPS) is 15.9. The highest BCUT2D eigenvalue weighted by Crippen LogP contribution is 2.28. The van der Waals surface area contributed by atoms with Crippen LogP contribution in [0.2, 0.25) is 0 Å². The van der Waals surface area contributed by atoms with Crippen molar-refractivity contribution in [3.05, 3.63) is 59.0 Å². The molecular formula is C19H18N4O2. The molecule has 5 rings (SSSR count). The van der Waals surface area contributed by atoms with Crippen molar-refractivity contribution in [3.63, 3.8) is 0 Å². The molecule has 25 heavy (non-hydrogen) atoms. The van der Waals surface area contributed by atoms with Gasteiger partial charge in [0.15, 0.2) is 11.5 Å². The standard InChI is InChI=1S/C19H18N4O2/c24-19(16-11-18(25-21-16)13-5-2-1-3-6-13)22-9-10-23-17(12-22)14-7-4-8-15(14)20-23/h1-3,5-6,11H,4,7-10,12H2. The Bertz CT molecular complexity index is 942. The fraction of sp³-hybridized carbons (Fsp3) is 0.316. The van der Waals surface area contributed by atoms with Crippen molar-refractivity contribution in [1.29, 1.82) is 0 Å². The second-order valence-electron chi connectivity index (χ2n) is 6.62. The summed E-state index contributed by atoms with van der Waals surface area (Å²) in [5, 5.41) is 8.68. The number of carbonyl (C=O) groups excluding carboxylic acids is 1. The zero-order chi connectivity index (χ0) is 16.8. The van der Waals surface area contributed by atoms with Crippen molar-refractivity contribution < 1.29 is 9.32 Å². The Balaban J connectivity index is 1.39. The van der Waals surface area contributed by atoms with Gasteiger partial charge in [0.25, 0.3) is 5.91 Å². The Hall–Kier alpha value is -2.89. The summed E-state index contributed by atoms with van der Waals surface area (Å²) in [4.78, 5) is 14.7. The monoisotopic (exact) mass is 334 g/mol. The molecule has 0 bridgehead atoms. The van der Waals surface area contributed by atoms with E-state index in [1.54, 1.807) is 6.07 Å². The second-order valence-corrected chi connectivity index (χ2v) is 6.62. The minimum atomic E-state index is -0.0786. The molecule has 1 aromatic carbocycles. The third-order valence-electron chi connectivity index (χ3n) is 5.09. The van der Waals surface area contributed by atoms with E-state index in [1.807, 2.05) is 35.2 Å². The quantitative estimate of drug-likeness (QED) is 0.723. The van der Waals surface area contributed by atoms with Crippen LogP contribution in [0.4, 0.5) is 0 Å². The van der Waals surface area contributed by atoms with Crippen LogP contribution in [-0.2, 0) is 25.9 Å². The van der Waals surface area contributed by atoms with Crippen LogP contribution < -0.4 is 0 Å². The van der Waals surface area contributed by atoms with Crippen LogP contribution in [0.3, 0.4) is 0 Å². The lowest BCUT2D eigenvalue weighted by molar-refractivity contribution is 0.0695. The fourth-order valence-electron chi connectivity index (χ4n) is 3.80. The number of nitrogens with zero attached hydrogens (tertiary/aromatic N) is 4. The molecule has 0 unspecified atom stereocenters. The van der Waals surface area contributed by atoms with Gasteiger partial charge < -0.3 is 9.42 Å². The summed E-state index contributed by atoms with van der Waals surface area (Å²) in [7, 11) is 0. The van der Waals surface area contributed by atoms with E-state index in [2.05, 4.69) is 14.9 Å². The number of hydrogen-bond donors (Lipinski definition) is 0. The Morgan fingerprint density at radius 3 is 2.88 bits per heavy atom. The number of benzene rings is 1. The van der Waals surface area contributed by atoms with Gasteiger partial charge in [0, 0.05) is 18.2 Å². The number of carbonyl (C=O) groups is 1. The summed E-state index contributed by atoms with van der Waals surface area (Å²) >= 11 is 0. The van der Waals surface area contributed by atoms with Gasteiger partial charge in [-0.1, -0.05) is 35.5 Å². The van der Waals surface area contributed by atoms with E-state index in [9.17, 15) is 4.79 Å². The summed E-state index contributed by atoms with van der Waals surface area (Å²) in [5.74, 6) is 0.539. The molecule has 2 aromatic heterocycles. The number of amides is 1. The molecule has 0 saturated heterocycles. The third-order valence-corrected chi connectivity index (χ3v) is 5.09. The Kier molecular flexibility index (Phi) is 3.23. The van der Waals surface area contributed by atoms with E-state index in [0.717, 1.165) is 24.9 Å². The lowest BCUT2D eigenvalue weighted by Crippen LogP contribution is -2.39. The molecule has 0 atom stereocenters. The van der Waals surface area contributed by atoms with Crippen LogP contribution in [0.1, 0.15) is 33.9 Å². The number of hydrogen-bond acceptors (Lipinski definition) is 4. The van der Waals surface area contributed by atoms with Gasteiger partial charge in [-0.25, -0.2) is 0 Å². The largest absolute Gasteiger partial charge is 0.355 e. The molecular weight excluding hydrogens is 316 g/mol. The molecule has 0 saturated carbocycles. The van der Waals surface area contributed by atoms with Crippen LogP contribution >= 0.6 is 0 Å². The summed E-state index contributed by atoms with van der Waals surface area (Å²) < 4.78 is 7.45. The third kappa shape index (κ3) is 2.36. The average Bonchev–Trinajstić information content (AvgIpc) is 3.37. The number of rotatable bonds is 2. The van der Waals surface area contributed by atoms with Gasteiger partial charge in [0.05, 0.1) is 24.5 Å².